The molecule has 3 aliphatic heterocycles. The molecule has 6 atom stereocenters. The average Bonchev–Trinajstić information content (AvgIpc) is 3.92. The highest BCUT2D eigenvalue weighted by Crippen LogP contribution is 2.43. The van der Waals surface area contributed by atoms with E-state index < -0.39 is 46.1 Å². The second-order valence-electron chi connectivity index (χ2n) is 23.3. The van der Waals surface area contributed by atoms with Gasteiger partial charge in [0.1, 0.15) is 30.5 Å². The van der Waals surface area contributed by atoms with Crippen LogP contribution in [-0.4, -0.2) is 135 Å². The third-order valence-electron chi connectivity index (χ3n) is 13.5. The summed E-state index contributed by atoms with van der Waals surface area (Å²) in [7, 11) is -4.28. The molecule has 0 bridgehead atoms. The zero-order valence-electron chi connectivity index (χ0n) is 44.4. The predicted molar refractivity (Wildman–Crippen MR) is 277 cm³/mol. The molecule has 3 fully saturated rings. The van der Waals surface area contributed by atoms with Gasteiger partial charge in [0, 0.05) is 13.1 Å². The van der Waals surface area contributed by atoms with Crippen molar-refractivity contribution in [1.82, 2.24) is 20.0 Å². The minimum Gasteiger partial charge on any atom is -0.445 e. The van der Waals surface area contributed by atoms with Gasteiger partial charge in [-0.25, -0.2) is 19.2 Å². The van der Waals surface area contributed by atoms with Gasteiger partial charge in [-0.15, -0.1) is 0 Å². The summed E-state index contributed by atoms with van der Waals surface area (Å²) >= 11 is 4.29. The normalized spacial score (nSPS) is 22.1. The van der Waals surface area contributed by atoms with Gasteiger partial charge >= 0.3 is 24.4 Å². The highest BCUT2D eigenvalue weighted by atomic mass is 32.1. The molecule has 1 N–H and O–H groups in total. The molecule has 15 nitrogen and oxygen atoms in total. The van der Waals surface area contributed by atoms with Crippen molar-refractivity contribution in [3.8, 4) is 0 Å². The molecular weight excluding hydrogens is 933 g/mol. The number of likely N-dealkylation sites (tertiary alicyclic amines) is 3. The Morgan fingerprint density at radius 1 is 0.638 bits per heavy atom. The number of carbonyl (C=O) groups excluding carboxylic acids is 4. The van der Waals surface area contributed by atoms with Crippen molar-refractivity contribution in [1.29, 1.82) is 0 Å². The third-order valence-corrected chi connectivity index (χ3v) is 22.6. The Balaban J connectivity index is 0.000000301. The Morgan fingerprint density at radius 3 is 1.58 bits per heavy atom. The van der Waals surface area contributed by atoms with Gasteiger partial charge < -0.3 is 47.7 Å². The Hall–Kier alpha value is -3.82. The standard InChI is InChI=1S/C26H44N2O6SSi.C25H40N2O5Si/c1-25(2,3)33-24(30)28-16-21(34-36(7,8)26(4,5)6)22(32-18-35)20(28)14-15-27-23(29)31-17-19-12-10-9-11-13-19;1-24(2,3)31-23(29)27-16-20(32-33(7,8)25(4,5)6)21-19(27)14-15-26(21)22(28)30-17-18-12-10-9-11-13-18/h9-13,20-22,35H,14-18H2,1-8H3,(H,27,29);9-13,19-21H,14-17H2,1-8H3/t20-,21-,22-;19-,20-,21+/m11/s1. The lowest BCUT2D eigenvalue weighted by Gasteiger charge is -2.40. The van der Waals surface area contributed by atoms with Crippen LogP contribution < -0.4 is 5.32 Å². The zero-order valence-corrected chi connectivity index (χ0v) is 47.3. The number of alkyl carbamates (subject to hydrolysis) is 1. The van der Waals surface area contributed by atoms with Gasteiger partial charge in [0.25, 0.3) is 0 Å². The lowest BCUT2D eigenvalue weighted by Crippen LogP contribution is -2.51. The molecule has 18 heteroatoms. The number of carbonyl (C=O) groups is 4. The molecule has 0 aliphatic carbocycles. The van der Waals surface area contributed by atoms with E-state index in [1.165, 1.54) is 0 Å². The van der Waals surface area contributed by atoms with Crippen molar-refractivity contribution in [2.45, 2.75) is 193 Å². The highest BCUT2D eigenvalue weighted by molar-refractivity contribution is 7.80. The molecule has 2 aromatic rings. The van der Waals surface area contributed by atoms with E-state index in [2.05, 4.69) is 85.7 Å². The number of amides is 4. The molecule has 0 unspecified atom stereocenters. The number of fused-ring (bicyclic) bond motifs is 1. The largest absolute Gasteiger partial charge is 0.445 e. The lowest BCUT2D eigenvalue weighted by atomic mass is 10.1. The summed E-state index contributed by atoms with van der Waals surface area (Å²) < 4.78 is 41.8. The van der Waals surface area contributed by atoms with E-state index in [9.17, 15) is 19.2 Å². The molecule has 388 valence electrons. The molecule has 3 heterocycles. The Kier molecular flexibility index (Phi) is 19.8. The second-order valence-corrected chi connectivity index (χ2v) is 33.1. The molecule has 0 spiro atoms. The highest BCUT2D eigenvalue weighted by Gasteiger charge is 2.56. The van der Waals surface area contributed by atoms with Gasteiger partial charge in [-0.05, 0) is 102 Å². The molecule has 0 saturated carbocycles. The fourth-order valence-electron chi connectivity index (χ4n) is 8.00. The predicted octanol–water partition coefficient (Wildman–Crippen LogP) is 11.0. The molecule has 2 aromatic carbocycles. The van der Waals surface area contributed by atoms with Crippen molar-refractivity contribution in [2.75, 3.05) is 32.1 Å². The van der Waals surface area contributed by atoms with Gasteiger partial charge in [-0.3, -0.25) is 4.90 Å². The van der Waals surface area contributed by atoms with Crippen molar-refractivity contribution in [2.24, 2.45) is 0 Å². The summed E-state index contributed by atoms with van der Waals surface area (Å²) in [5.41, 5.74) is 0.627. The van der Waals surface area contributed by atoms with Crippen LogP contribution in [0.4, 0.5) is 19.2 Å². The second kappa shape index (κ2) is 23.6. The van der Waals surface area contributed by atoms with Crippen molar-refractivity contribution < 1.29 is 51.7 Å². The number of hydrogen-bond donors (Lipinski definition) is 2. The van der Waals surface area contributed by atoms with Crippen LogP contribution in [0.2, 0.25) is 36.3 Å². The summed E-state index contributed by atoms with van der Waals surface area (Å²) in [6.07, 6.45) is -1.49. The van der Waals surface area contributed by atoms with Gasteiger partial charge in [-0.1, -0.05) is 102 Å². The Morgan fingerprint density at radius 2 is 1.10 bits per heavy atom. The summed E-state index contributed by atoms with van der Waals surface area (Å²) in [4.78, 5) is 56.7. The fraction of sp³-hybridized carbons (Fsp3) is 0.686. The first-order valence-corrected chi connectivity index (χ1v) is 30.8. The van der Waals surface area contributed by atoms with Crippen LogP contribution in [0, 0.1) is 0 Å². The number of rotatable bonds is 13. The quantitative estimate of drug-likeness (QED) is 0.0853. The number of nitrogens with zero attached hydrogens (tertiary/aromatic N) is 3. The maximum Gasteiger partial charge on any atom is 0.410 e. The summed E-state index contributed by atoms with van der Waals surface area (Å²) in [5, 5.41) is 2.80. The minimum atomic E-state index is -2.15. The minimum absolute atomic E-state index is 0.00256. The van der Waals surface area contributed by atoms with Crippen LogP contribution in [0.15, 0.2) is 60.7 Å². The number of ether oxygens (including phenoxy) is 5. The van der Waals surface area contributed by atoms with E-state index in [1.807, 2.05) is 102 Å². The van der Waals surface area contributed by atoms with Crippen LogP contribution in [-0.2, 0) is 45.8 Å². The smallest absolute Gasteiger partial charge is 0.410 e. The number of thiol groups is 1. The van der Waals surface area contributed by atoms with E-state index >= 15 is 0 Å². The number of benzene rings is 2. The van der Waals surface area contributed by atoms with Crippen molar-refractivity contribution >= 4 is 53.6 Å². The number of nitrogens with one attached hydrogen (secondary N) is 1. The van der Waals surface area contributed by atoms with Crippen LogP contribution in [0.5, 0.6) is 0 Å². The molecule has 4 amide bonds. The maximum atomic E-state index is 13.2. The molecule has 5 rings (SSSR count). The van der Waals surface area contributed by atoms with Gasteiger partial charge in [0.2, 0.25) is 0 Å². The maximum absolute atomic E-state index is 13.2. The van der Waals surface area contributed by atoms with E-state index in [4.69, 9.17) is 32.5 Å². The van der Waals surface area contributed by atoms with Crippen LogP contribution in [0.3, 0.4) is 0 Å². The number of hydrogen-bond acceptors (Lipinski definition) is 12. The Bertz CT molecular complexity index is 1990. The first kappa shape index (κ1) is 57.8. The topological polar surface area (TPSA) is 155 Å². The van der Waals surface area contributed by atoms with E-state index in [1.54, 1.807) is 14.7 Å². The SMILES string of the molecule is CC(C)(C)OC(=O)N1C[C@@H](O[Si](C)(C)C(C)(C)C)[C@@H]2[C@H]1CCN2C(=O)OCc1ccccc1.CC(C)(C)OC(=O)N1C[C@@H](O[Si](C)(C)C(C)(C)C)[C@H](OCS)[C@H]1CCNC(=O)OCc1ccccc1. The van der Waals surface area contributed by atoms with Crippen molar-refractivity contribution in [3.63, 3.8) is 0 Å². The Labute approximate surface area is 420 Å². The lowest BCUT2D eigenvalue weighted by molar-refractivity contribution is -0.00808. The van der Waals surface area contributed by atoms with Gasteiger partial charge in [0.15, 0.2) is 16.6 Å². The van der Waals surface area contributed by atoms with Crippen LogP contribution in [0.1, 0.15) is 107 Å². The zero-order chi connectivity index (χ0) is 51.8. The summed E-state index contributed by atoms with van der Waals surface area (Å²) in [6.45, 7) is 35.0. The average molecular weight is 1020 g/mol. The molecule has 3 saturated heterocycles. The van der Waals surface area contributed by atoms with E-state index in [-0.39, 0.29) is 71.7 Å². The molecular formula is C51H84N4O11SSi2. The third kappa shape index (κ3) is 16.6. The van der Waals surface area contributed by atoms with E-state index in [0.29, 0.717) is 39.0 Å². The monoisotopic (exact) mass is 1020 g/mol. The van der Waals surface area contributed by atoms with Crippen molar-refractivity contribution in [3.05, 3.63) is 71.8 Å². The molecule has 0 aromatic heterocycles. The first-order valence-electron chi connectivity index (χ1n) is 24.3. The first-order chi connectivity index (χ1) is 31.8. The molecule has 0 radical (unpaired) electrons. The summed E-state index contributed by atoms with van der Waals surface area (Å²) in [6, 6.07) is 18.4. The van der Waals surface area contributed by atoms with Crippen LogP contribution >= 0.6 is 12.6 Å². The summed E-state index contributed by atoms with van der Waals surface area (Å²) in [5.74, 6) is 0.188. The molecule has 3 aliphatic rings. The van der Waals surface area contributed by atoms with Crippen LogP contribution in [0.25, 0.3) is 0 Å². The van der Waals surface area contributed by atoms with E-state index in [0.717, 1.165) is 11.1 Å². The van der Waals surface area contributed by atoms with Gasteiger partial charge in [-0.2, -0.15) is 12.6 Å². The van der Waals surface area contributed by atoms with Gasteiger partial charge in [0.05, 0.1) is 49.4 Å². The fourth-order valence-corrected chi connectivity index (χ4v) is 10.8. The molecule has 69 heavy (non-hydrogen) atoms.